The molecule has 0 spiro atoms. The first-order valence-electron chi connectivity index (χ1n) is 9.91. The van der Waals surface area contributed by atoms with E-state index in [0.29, 0.717) is 29.0 Å². The third kappa shape index (κ3) is 5.93. The highest BCUT2D eigenvalue weighted by molar-refractivity contribution is 8.13. The Kier molecular flexibility index (Phi) is 8.06. The highest BCUT2D eigenvalue weighted by atomic mass is 35.5. The number of carbonyl (C=O) groups is 1. The number of thioether (sulfide) groups is 1. The largest absolute Gasteiger partial charge is 0.497 e. The van der Waals surface area contributed by atoms with Crippen molar-refractivity contribution in [2.75, 3.05) is 12.3 Å². The number of rotatable bonds is 6. The zero-order chi connectivity index (χ0) is 23.6. The van der Waals surface area contributed by atoms with E-state index < -0.39 is 16.8 Å². The summed E-state index contributed by atoms with van der Waals surface area (Å²) in [5.41, 5.74) is 1.31. The van der Waals surface area contributed by atoms with Gasteiger partial charge in [-0.2, -0.15) is 23.4 Å². The van der Waals surface area contributed by atoms with E-state index in [1.807, 2.05) is 33.8 Å². The molecular formula is C21H26ClF3N3O2S+. The molecule has 1 aromatic rings. The highest BCUT2D eigenvalue weighted by Crippen LogP contribution is 2.42. The third-order valence-electron chi connectivity index (χ3n) is 4.77. The third-order valence-corrected chi connectivity index (χ3v) is 6.26. The van der Waals surface area contributed by atoms with Crippen LogP contribution in [-0.4, -0.2) is 40.3 Å². The molecule has 31 heavy (non-hydrogen) atoms. The molecular weight excluding hydrogens is 451 g/mol. The number of carbonyl (C=O) groups excluding carboxylic acids is 1. The van der Waals surface area contributed by atoms with Crippen molar-refractivity contribution in [3.63, 3.8) is 0 Å². The van der Waals surface area contributed by atoms with Crippen LogP contribution in [0.2, 0.25) is 5.02 Å². The number of hydrogen-bond donors (Lipinski definition) is 0. The summed E-state index contributed by atoms with van der Waals surface area (Å²) in [6.07, 6.45) is -4.56. The van der Waals surface area contributed by atoms with Gasteiger partial charge in [0.2, 0.25) is 0 Å². The lowest BCUT2D eigenvalue weighted by Crippen LogP contribution is -2.59. The molecule has 2 rings (SSSR count). The SMILES string of the molecule is Cc1cc(C#N)cc(Cl)c1N=C1SC[C@H](CC(C)C)[N+]1(CC(C)C)OC(=O)C(F)(F)F. The molecule has 1 aromatic carbocycles. The lowest BCUT2D eigenvalue weighted by atomic mass is 10.0. The number of alkyl halides is 3. The lowest BCUT2D eigenvalue weighted by molar-refractivity contribution is -1.03. The number of aliphatic imine (C=N–C) groups is 1. The zero-order valence-electron chi connectivity index (χ0n) is 18.1. The predicted molar refractivity (Wildman–Crippen MR) is 116 cm³/mol. The Hall–Kier alpha value is -1.76. The van der Waals surface area contributed by atoms with Crippen LogP contribution in [0, 0.1) is 30.1 Å². The maximum Gasteiger partial charge on any atom is 0.497 e. The molecule has 0 saturated carbocycles. The molecule has 10 heteroatoms. The van der Waals surface area contributed by atoms with Gasteiger partial charge < -0.3 is 0 Å². The van der Waals surface area contributed by atoms with Crippen LogP contribution in [0.1, 0.15) is 45.2 Å². The van der Waals surface area contributed by atoms with Gasteiger partial charge in [0.15, 0.2) is 0 Å². The minimum absolute atomic E-state index is 0.0721. The van der Waals surface area contributed by atoms with E-state index in [0.717, 1.165) is 0 Å². The Morgan fingerprint density at radius 1 is 1.35 bits per heavy atom. The Balaban J connectivity index is 2.67. The number of quaternary nitrogens is 1. The second-order valence-electron chi connectivity index (χ2n) is 8.47. The van der Waals surface area contributed by atoms with Crippen LogP contribution in [0.15, 0.2) is 17.1 Å². The maximum atomic E-state index is 13.2. The molecule has 1 aliphatic rings. The van der Waals surface area contributed by atoms with Gasteiger partial charge in [0.05, 0.1) is 28.1 Å². The summed E-state index contributed by atoms with van der Waals surface area (Å²) < 4.78 is 38.9. The lowest BCUT2D eigenvalue weighted by Gasteiger charge is -2.36. The number of nitrogens with zero attached hydrogens (tertiary/aromatic N) is 3. The molecule has 2 atom stereocenters. The average Bonchev–Trinajstić information content (AvgIpc) is 2.92. The standard InChI is InChI=1S/C21H26ClF3N3O2S/c1-12(2)6-16-11-31-20(27-18-14(5)7-15(9-26)8-17(18)22)28(16,10-13(3)4)30-19(29)21(23,24)25/h7-8,12-13,16H,6,10-11H2,1-5H3/q+1/t16-,28?/m0/s1. The fourth-order valence-corrected chi connectivity index (χ4v) is 5.28. The fourth-order valence-electron chi connectivity index (χ4n) is 3.61. The number of halogens is 4. The molecule has 1 heterocycles. The van der Waals surface area contributed by atoms with Crippen molar-refractivity contribution >= 4 is 40.2 Å². The van der Waals surface area contributed by atoms with Crippen molar-refractivity contribution in [2.24, 2.45) is 16.8 Å². The molecule has 0 amide bonds. The van der Waals surface area contributed by atoms with Crippen molar-refractivity contribution in [1.29, 1.82) is 5.26 Å². The molecule has 0 aromatic heterocycles. The van der Waals surface area contributed by atoms with E-state index in [2.05, 4.69) is 4.99 Å². The molecule has 1 unspecified atom stereocenters. The molecule has 1 fully saturated rings. The van der Waals surface area contributed by atoms with Gasteiger partial charge in [0, 0.05) is 12.3 Å². The zero-order valence-corrected chi connectivity index (χ0v) is 19.7. The summed E-state index contributed by atoms with van der Waals surface area (Å²) in [5, 5.41) is 9.59. The van der Waals surface area contributed by atoms with Crippen LogP contribution in [0.25, 0.3) is 0 Å². The minimum Gasteiger partial charge on any atom is -0.259 e. The van der Waals surface area contributed by atoms with Crippen LogP contribution in [0.4, 0.5) is 18.9 Å². The van der Waals surface area contributed by atoms with Crippen LogP contribution in [0.3, 0.4) is 0 Å². The van der Waals surface area contributed by atoms with E-state index in [9.17, 15) is 18.0 Å². The van der Waals surface area contributed by atoms with Crippen LogP contribution in [-0.2, 0) is 9.63 Å². The second kappa shape index (κ2) is 9.80. The molecule has 1 aliphatic heterocycles. The Bertz CT molecular complexity index is 889. The number of nitriles is 1. The number of benzene rings is 1. The number of aryl methyl sites for hydroxylation is 1. The van der Waals surface area contributed by atoms with Crippen molar-refractivity contribution < 1.29 is 27.4 Å². The summed E-state index contributed by atoms with van der Waals surface area (Å²) in [5.74, 6) is -1.67. The molecule has 5 nitrogen and oxygen atoms in total. The van der Waals surface area contributed by atoms with Crippen molar-refractivity contribution in [2.45, 2.75) is 53.3 Å². The molecule has 170 valence electrons. The Labute approximate surface area is 189 Å². The predicted octanol–water partition coefficient (Wildman–Crippen LogP) is 6.16. The Morgan fingerprint density at radius 3 is 2.48 bits per heavy atom. The summed E-state index contributed by atoms with van der Waals surface area (Å²) in [4.78, 5) is 21.8. The Morgan fingerprint density at radius 2 is 2.00 bits per heavy atom. The molecule has 1 saturated heterocycles. The molecule has 0 bridgehead atoms. The average molecular weight is 477 g/mol. The first-order chi connectivity index (χ1) is 14.3. The van der Waals surface area contributed by atoms with E-state index in [-0.39, 0.29) is 34.6 Å². The molecule has 0 N–H and O–H groups in total. The van der Waals surface area contributed by atoms with Crippen LogP contribution in [0.5, 0.6) is 0 Å². The quantitative estimate of drug-likeness (QED) is 0.461. The topological polar surface area (TPSA) is 62.4 Å². The normalized spacial score (nSPS) is 22.9. The fraction of sp³-hybridized carbons (Fsp3) is 0.571. The van der Waals surface area contributed by atoms with E-state index in [4.69, 9.17) is 21.7 Å². The monoisotopic (exact) mass is 476 g/mol. The first kappa shape index (κ1) is 25.5. The van der Waals surface area contributed by atoms with E-state index in [1.54, 1.807) is 13.0 Å². The van der Waals surface area contributed by atoms with Gasteiger partial charge in [-0.1, -0.05) is 43.9 Å². The van der Waals surface area contributed by atoms with Gasteiger partial charge in [-0.15, -0.1) is 0 Å². The van der Waals surface area contributed by atoms with Gasteiger partial charge in [0.25, 0.3) is 0 Å². The summed E-state index contributed by atoms with van der Waals surface area (Å²) >= 11 is 7.60. The molecule has 0 radical (unpaired) electrons. The number of hydroxylamine groups is 3. The number of hydrogen-bond acceptors (Lipinski definition) is 5. The van der Waals surface area contributed by atoms with Gasteiger partial charge in [-0.3, -0.25) is 4.84 Å². The highest BCUT2D eigenvalue weighted by Gasteiger charge is 2.58. The van der Waals surface area contributed by atoms with Crippen LogP contribution < -0.4 is 0 Å². The van der Waals surface area contributed by atoms with Crippen molar-refractivity contribution in [1.82, 2.24) is 0 Å². The smallest absolute Gasteiger partial charge is 0.259 e. The summed E-state index contributed by atoms with van der Waals surface area (Å²) in [6, 6.07) is 4.69. The summed E-state index contributed by atoms with van der Waals surface area (Å²) in [7, 11) is 0. The minimum atomic E-state index is -5.12. The van der Waals surface area contributed by atoms with Crippen molar-refractivity contribution in [3.8, 4) is 6.07 Å². The van der Waals surface area contributed by atoms with E-state index >= 15 is 0 Å². The molecule has 0 aliphatic carbocycles. The van der Waals surface area contributed by atoms with Gasteiger partial charge in [-0.25, -0.2) is 4.79 Å². The first-order valence-corrected chi connectivity index (χ1v) is 11.3. The second-order valence-corrected chi connectivity index (χ2v) is 9.87. The number of amidine groups is 1. The maximum absolute atomic E-state index is 13.2. The van der Waals surface area contributed by atoms with Gasteiger partial charge >= 0.3 is 17.3 Å². The summed E-state index contributed by atoms with van der Waals surface area (Å²) in [6.45, 7) is 9.52. The van der Waals surface area contributed by atoms with E-state index in [1.165, 1.54) is 17.8 Å². The van der Waals surface area contributed by atoms with Gasteiger partial charge in [0.1, 0.15) is 12.6 Å². The van der Waals surface area contributed by atoms with Crippen molar-refractivity contribution in [3.05, 3.63) is 28.3 Å². The van der Waals surface area contributed by atoms with Crippen LogP contribution >= 0.6 is 23.4 Å². The van der Waals surface area contributed by atoms with Gasteiger partial charge in [-0.05, 0) is 42.3 Å².